The molecule has 0 amide bonds. The molecule has 30 heavy (non-hydrogen) atoms. The summed E-state index contributed by atoms with van der Waals surface area (Å²) in [6.07, 6.45) is 5.43. The number of aryl methyl sites for hydroxylation is 3. The first kappa shape index (κ1) is 18.3. The number of fused-ring (bicyclic) bond motifs is 2. The van der Waals surface area contributed by atoms with Crippen molar-refractivity contribution in [2.75, 3.05) is 0 Å². The zero-order valence-electron chi connectivity index (χ0n) is 17.2. The Labute approximate surface area is 174 Å². The Morgan fingerprint density at radius 2 is 1.77 bits per heavy atom. The Kier molecular flexibility index (Phi) is 4.24. The van der Waals surface area contributed by atoms with E-state index in [4.69, 9.17) is 0 Å². The van der Waals surface area contributed by atoms with Gasteiger partial charge in [-0.1, -0.05) is 36.4 Å². The third-order valence-electron chi connectivity index (χ3n) is 5.80. The summed E-state index contributed by atoms with van der Waals surface area (Å²) in [6, 6.07) is 13.9. The van der Waals surface area contributed by atoms with Crippen LogP contribution in [0, 0.1) is 20.8 Å². The highest BCUT2D eigenvalue weighted by molar-refractivity contribution is 6.17. The predicted molar refractivity (Wildman–Crippen MR) is 119 cm³/mol. The van der Waals surface area contributed by atoms with E-state index in [1.54, 1.807) is 6.20 Å². The summed E-state index contributed by atoms with van der Waals surface area (Å²) < 4.78 is 2.14. The van der Waals surface area contributed by atoms with Gasteiger partial charge in [-0.25, -0.2) is 4.98 Å². The molecule has 3 aromatic heterocycles. The summed E-state index contributed by atoms with van der Waals surface area (Å²) in [6.45, 7) is 6.79. The van der Waals surface area contributed by atoms with E-state index in [9.17, 15) is 4.79 Å². The molecular formula is C25H22N4O. The van der Waals surface area contributed by atoms with Crippen LogP contribution in [0.25, 0.3) is 21.9 Å². The first-order valence-electron chi connectivity index (χ1n) is 10.0. The molecule has 0 radical (unpaired) electrons. The number of H-pyrrole nitrogens is 1. The van der Waals surface area contributed by atoms with Crippen LogP contribution in [0.1, 0.15) is 38.4 Å². The van der Waals surface area contributed by atoms with E-state index < -0.39 is 0 Å². The summed E-state index contributed by atoms with van der Waals surface area (Å²) in [4.78, 5) is 25.3. The number of nitrogens with one attached hydrogen (secondary N) is 1. The molecule has 0 saturated carbocycles. The lowest BCUT2D eigenvalue weighted by atomic mass is 9.98. The molecule has 0 bridgehead atoms. The Morgan fingerprint density at radius 3 is 2.57 bits per heavy atom. The Morgan fingerprint density at radius 1 is 1.00 bits per heavy atom. The second-order valence-corrected chi connectivity index (χ2v) is 7.79. The van der Waals surface area contributed by atoms with Crippen molar-refractivity contribution >= 4 is 27.7 Å². The van der Waals surface area contributed by atoms with E-state index in [-0.39, 0.29) is 5.78 Å². The maximum Gasteiger partial charge on any atom is 0.195 e. The predicted octanol–water partition coefficient (Wildman–Crippen LogP) is 5.12. The standard InChI is InChI=1S/C25H22N4O/c1-15-4-5-16(2)24-23(15)20(12-27-24)25(30)19-8-6-18(7-9-19)14-29-17(3)28-21-10-11-26-13-22(21)29/h4-13,27H,14H2,1-3H3. The fourth-order valence-electron chi connectivity index (χ4n) is 4.13. The van der Waals surface area contributed by atoms with Crippen molar-refractivity contribution in [2.24, 2.45) is 0 Å². The molecule has 0 atom stereocenters. The number of aromatic amines is 1. The van der Waals surface area contributed by atoms with Crippen molar-refractivity contribution in [2.45, 2.75) is 27.3 Å². The number of benzene rings is 2. The van der Waals surface area contributed by atoms with Gasteiger partial charge in [-0.2, -0.15) is 0 Å². The van der Waals surface area contributed by atoms with Crippen LogP contribution in [0.15, 0.2) is 61.1 Å². The number of imidazole rings is 1. The Bertz CT molecular complexity index is 1410. The van der Waals surface area contributed by atoms with Crippen molar-refractivity contribution < 1.29 is 4.79 Å². The van der Waals surface area contributed by atoms with Crippen LogP contribution < -0.4 is 0 Å². The molecule has 2 aromatic carbocycles. The van der Waals surface area contributed by atoms with Gasteiger partial charge in [0.1, 0.15) is 5.82 Å². The highest BCUT2D eigenvalue weighted by Gasteiger charge is 2.17. The maximum absolute atomic E-state index is 13.2. The number of pyridine rings is 1. The highest BCUT2D eigenvalue weighted by Crippen LogP contribution is 2.27. The summed E-state index contributed by atoms with van der Waals surface area (Å²) >= 11 is 0. The van der Waals surface area contributed by atoms with E-state index in [0.29, 0.717) is 12.1 Å². The smallest absolute Gasteiger partial charge is 0.195 e. The Hall–Kier alpha value is -3.73. The number of carbonyl (C=O) groups excluding carboxylic acids is 1. The van der Waals surface area contributed by atoms with Crippen LogP contribution in [0.2, 0.25) is 0 Å². The second-order valence-electron chi connectivity index (χ2n) is 7.79. The molecular weight excluding hydrogens is 372 g/mol. The lowest BCUT2D eigenvalue weighted by Crippen LogP contribution is -2.04. The monoisotopic (exact) mass is 394 g/mol. The molecule has 0 aliphatic rings. The third-order valence-corrected chi connectivity index (χ3v) is 5.80. The van der Waals surface area contributed by atoms with E-state index in [2.05, 4.69) is 38.6 Å². The molecule has 3 heterocycles. The molecule has 1 N–H and O–H groups in total. The number of hydrogen-bond donors (Lipinski definition) is 1. The van der Waals surface area contributed by atoms with E-state index in [0.717, 1.165) is 50.0 Å². The van der Waals surface area contributed by atoms with Gasteiger partial charge in [0.05, 0.1) is 17.2 Å². The number of carbonyl (C=O) groups is 1. The Balaban J connectivity index is 1.46. The molecule has 5 nitrogen and oxygen atoms in total. The fraction of sp³-hybridized carbons (Fsp3) is 0.160. The topological polar surface area (TPSA) is 63.6 Å². The van der Waals surface area contributed by atoms with Crippen molar-refractivity contribution in [3.63, 3.8) is 0 Å². The zero-order chi connectivity index (χ0) is 20.8. The van der Waals surface area contributed by atoms with Gasteiger partial charge in [0.2, 0.25) is 0 Å². The quantitative estimate of drug-likeness (QED) is 0.431. The number of nitrogens with zero attached hydrogens (tertiary/aromatic N) is 3. The van der Waals surface area contributed by atoms with E-state index >= 15 is 0 Å². The maximum atomic E-state index is 13.2. The van der Waals surface area contributed by atoms with Crippen molar-refractivity contribution in [3.8, 4) is 0 Å². The average Bonchev–Trinajstić information content (AvgIpc) is 3.34. The van der Waals surface area contributed by atoms with Gasteiger partial charge in [-0.3, -0.25) is 9.78 Å². The van der Waals surface area contributed by atoms with Crippen LogP contribution >= 0.6 is 0 Å². The number of ketones is 1. The van der Waals surface area contributed by atoms with E-state index in [1.807, 2.05) is 56.6 Å². The molecule has 5 aromatic rings. The highest BCUT2D eigenvalue weighted by atomic mass is 16.1. The van der Waals surface area contributed by atoms with Gasteiger partial charge in [0.15, 0.2) is 5.78 Å². The van der Waals surface area contributed by atoms with Gasteiger partial charge >= 0.3 is 0 Å². The number of rotatable bonds is 4. The summed E-state index contributed by atoms with van der Waals surface area (Å²) in [5, 5.41) is 1.01. The minimum absolute atomic E-state index is 0.0370. The molecule has 5 rings (SSSR count). The zero-order valence-corrected chi connectivity index (χ0v) is 17.2. The second kappa shape index (κ2) is 6.95. The largest absolute Gasteiger partial charge is 0.360 e. The van der Waals surface area contributed by atoms with Crippen LogP contribution in [-0.4, -0.2) is 25.3 Å². The third kappa shape index (κ3) is 2.90. The molecule has 148 valence electrons. The molecule has 0 fully saturated rings. The van der Waals surface area contributed by atoms with Crippen molar-refractivity contribution in [3.05, 3.63) is 94.7 Å². The normalized spacial score (nSPS) is 11.4. The van der Waals surface area contributed by atoms with Crippen LogP contribution in [0.3, 0.4) is 0 Å². The first-order chi connectivity index (χ1) is 14.5. The van der Waals surface area contributed by atoms with Gasteiger partial charge in [-0.05, 0) is 43.5 Å². The number of aromatic nitrogens is 4. The molecule has 0 saturated heterocycles. The average molecular weight is 394 g/mol. The fourth-order valence-corrected chi connectivity index (χ4v) is 4.13. The van der Waals surface area contributed by atoms with Crippen molar-refractivity contribution in [1.29, 1.82) is 0 Å². The van der Waals surface area contributed by atoms with Gasteiger partial charge < -0.3 is 9.55 Å². The van der Waals surface area contributed by atoms with Gasteiger partial charge in [0, 0.05) is 41.0 Å². The minimum atomic E-state index is 0.0370. The lowest BCUT2D eigenvalue weighted by Gasteiger charge is -2.08. The van der Waals surface area contributed by atoms with E-state index in [1.165, 1.54) is 0 Å². The van der Waals surface area contributed by atoms with Crippen LogP contribution in [-0.2, 0) is 6.54 Å². The number of hydrogen-bond acceptors (Lipinski definition) is 3. The van der Waals surface area contributed by atoms with Crippen LogP contribution in [0.4, 0.5) is 0 Å². The minimum Gasteiger partial charge on any atom is -0.360 e. The summed E-state index contributed by atoms with van der Waals surface area (Å²) in [5.41, 5.74) is 7.76. The molecule has 0 aliphatic carbocycles. The molecule has 0 unspecified atom stereocenters. The summed E-state index contributed by atoms with van der Waals surface area (Å²) in [7, 11) is 0. The molecule has 0 aliphatic heterocycles. The molecule has 5 heteroatoms. The van der Waals surface area contributed by atoms with Gasteiger partial charge in [-0.15, -0.1) is 0 Å². The van der Waals surface area contributed by atoms with Crippen LogP contribution in [0.5, 0.6) is 0 Å². The SMILES string of the molecule is Cc1ccc(C)c2c(C(=O)c3ccc(Cn4c(C)nc5ccncc54)cc3)c[nH]c12. The first-order valence-corrected chi connectivity index (χ1v) is 10.0. The van der Waals surface area contributed by atoms with Gasteiger partial charge in [0.25, 0.3) is 0 Å². The molecule has 0 spiro atoms. The lowest BCUT2D eigenvalue weighted by molar-refractivity contribution is 0.104. The van der Waals surface area contributed by atoms with Crippen molar-refractivity contribution in [1.82, 2.24) is 19.5 Å². The summed E-state index contributed by atoms with van der Waals surface area (Å²) in [5.74, 6) is 0.984.